The van der Waals surface area contributed by atoms with Gasteiger partial charge in [0, 0.05) is 10.0 Å². The Balaban J connectivity index is 1.32. The van der Waals surface area contributed by atoms with Crippen molar-refractivity contribution in [3.8, 4) is 5.75 Å². The van der Waals surface area contributed by atoms with Crippen molar-refractivity contribution in [1.29, 1.82) is 0 Å². The van der Waals surface area contributed by atoms with Crippen LogP contribution in [0.1, 0.15) is 22.8 Å². The predicted octanol–water partition coefficient (Wildman–Crippen LogP) is 4.58. The smallest absolute Gasteiger partial charge is 0.271 e. The van der Waals surface area contributed by atoms with Gasteiger partial charge < -0.3 is 4.74 Å². The third-order valence-electron chi connectivity index (χ3n) is 4.58. The van der Waals surface area contributed by atoms with Gasteiger partial charge in [0.25, 0.3) is 5.91 Å². The molecular formula is C23H20BrN5O2. The van der Waals surface area contributed by atoms with Gasteiger partial charge in [0.05, 0.1) is 17.8 Å². The summed E-state index contributed by atoms with van der Waals surface area (Å²) in [6.07, 6.45) is 0. The number of hydrogen-bond acceptors (Lipinski definition) is 5. The van der Waals surface area contributed by atoms with Crippen molar-refractivity contribution in [2.24, 2.45) is 5.10 Å². The van der Waals surface area contributed by atoms with Crippen molar-refractivity contribution in [2.45, 2.75) is 20.1 Å². The van der Waals surface area contributed by atoms with E-state index < -0.39 is 0 Å². The summed E-state index contributed by atoms with van der Waals surface area (Å²) in [6.45, 7) is 2.69. The van der Waals surface area contributed by atoms with Crippen LogP contribution < -0.4 is 10.2 Å². The monoisotopic (exact) mass is 477 g/mol. The Hall–Kier alpha value is -3.52. The van der Waals surface area contributed by atoms with Crippen LogP contribution in [-0.4, -0.2) is 26.6 Å². The summed E-state index contributed by atoms with van der Waals surface area (Å²) < 4.78 is 8.50. The standard InChI is InChI=1S/C23H20BrN5O2/c1-16(14-29-22-5-3-2-4-21(22)26-28-29)25-27-23(30)18-8-6-17(7-9-18)15-31-20-12-10-19(24)11-13-20/h2-13H,14-15H2,1H3,(H,27,30)/b25-16-. The molecule has 0 aliphatic rings. The van der Waals surface area contributed by atoms with Gasteiger partial charge in [-0.1, -0.05) is 45.4 Å². The van der Waals surface area contributed by atoms with Crippen LogP contribution in [0.15, 0.2) is 82.4 Å². The highest BCUT2D eigenvalue weighted by Gasteiger charge is 2.07. The molecule has 0 aliphatic carbocycles. The largest absolute Gasteiger partial charge is 0.489 e. The molecule has 8 heteroatoms. The zero-order valence-electron chi connectivity index (χ0n) is 16.8. The van der Waals surface area contributed by atoms with Gasteiger partial charge in [-0.2, -0.15) is 5.10 Å². The van der Waals surface area contributed by atoms with E-state index in [9.17, 15) is 4.79 Å². The number of hydrogen-bond donors (Lipinski definition) is 1. The van der Waals surface area contributed by atoms with Gasteiger partial charge in [-0.05, 0) is 61.0 Å². The molecule has 3 aromatic carbocycles. The summed E-state index contributed by atoms with van der Waals surface area (Å²) in [5.74, 6) is 0.512. The SMILES string of the molecule is C/C(Cn1nnc2ccccc21)=N/NC(=O)c1ccc(COc2ccc(Br)cc2)cc1. The molecule has 0 saturated carbocycles. The van der Waals surface area contributed by atoms with E-state index in [4.69, 9.17) is 4.74 Å². The second-order valence-electron chi connectivity index (χ2n) is 6.96. The zero-order valence-corrected chi connectivity index (χ0v) is 18.4. The second-order valence-corrected chi connectivity index (χ2v) is 7.88. The van der Waals surface area contributed by atoms with E-state index >= 15 is 0 Å². The number of amides is 1. The molecule has 0 unspecified atom stereocenters. The van der Waals surface area contributed by atoms with Gasteiger partial charge in [0.1, 0.15) is 17.9 Å². The number of aromatic nitrogens is 3. The lowest BCUT2D eigenvalue weighted by Crippen LogP contribution is -2.20. The van der Waals surface area contributed by atoms with Crippen molar-refractivity contribution in [2.75, 3.05) is 0 Å². The minimum absolute atomic E-state index is 0.275. The summed E-state index contributed by atoms with van der Waals surface area (Å²) >= 11 is 3.40. The Morgan fingerprint density at radius 2 is 1.81 bits per heavy atom. The average Bonchev–Trinajstić information content (AvgIpc) is 3.20. The Morgan fingerprint density at radius 1 is 1.06 bits per heavy atom. The molecule has 1 amide bonds. The molecule has 0 saturated heterocycles. The molecule has 1 N–H and O–H groups in total. The van der Waals surface area contributed by atoms with E-state index in [1.54, 1.807) is 16.8 Å². The van der Waals surface area contributed by atoms with E-state index in [1.807, 2.05) is 67.6 Å². The number of ether oxygens (including phenoxy) is 1. The fourth-order valence-electron chi connectivity index (χ4n) is 2.95. The Kier molecular flexibility index (Phi) is 6.37. The van der Waals surface area contributed by atoms with Crippen molar-refractivity contribution in [3.05, 3.63) is 88.4 Å². The summed E-state index contributed by atoms with van der Waals surface area (Å²) in [7, 11) is 0. The van der Waals surface area contributed by atoms with Crippen LogP contribution in [0.2, 0.25) is 0 Å². The van der Waals surface area contributed by atoms with Crippen LogP contribution in [0, 0.1) is 0 Å². The highest BCUT2D eigenvalue weighted by Crippen LogP contribution is 2.17. The van der Waals surface area contributed by atoms with Crippen molar-refractivity contribution in [1.82, 2.24) is 20.4 Å². The lowest BCUT2D eigenvalue weighted by molar-refractivity contribution is 0.0954. The number of carbonyl (C=O) groups excluding carboxylic acids is 1. The first-order valence-corrected chi connectivity index (χ1v) is 10.5. The molecular weight excluding hydrogens is 458 g/mol. The van der Waals surface area contributed by atoms with Crippen LogP contribution in [0.3, 0.4) is 0 Å². The third-order valence-corrected chi connectivity index (χ3v) is 5.11. The summed E-state index contributed by atoms with van der Waals surface area (Å²) in [6, 6.07) is 22.6. The van der Waals surface area contributed by atoms with Crippen LogP contribution in [0.4, 0.5) is 0 Å². The summed E-state index contributed by atoms with van der Waals surface area (Å²) in [5, 5.41) is 12.4. The van der Waals surface area contributed by atoms with Gasteiger partial charge in [-0.3, -0.25) is 4.79 Å². The maximum Gasteiger partial charge on any atom is 0.271 e. The molecule has 156 valence electrons. The molecule has 0 radical (unpaired) electrons. The lowest BCUT2D eigenvalue weighted by Gasteiger charge is -2.07. The van der Waals surface area contributed by atoms with Gasteiger partial charge >= 0.3 is 0 Å². The van der Waals surface area contributed by atoms with Crippen LogP contribution in [0.5, 0.6) is 5.75 Å². The summed E-state index contributed by atoms with van der Waals surface area (Å²) in [5.41, 5.74) is 6.54. The molecule has 0 spiro atoms. The Morgan fingerprint density at radius 3 is 2.58 bits per heavy atom. The van der Waals surface area contributed by atoms with Crippen molar-refractivity contribution >= 4 is 38.6 Å². The fourth-order valence-corrected chi connectivity index (χ4v) is 3.21. The number of halogens is 1. The molecule has 0 bridgehead atoms. The normalized spacial score (nSPS) is 11.5. The number of rotatable bonds is 7. The van der Waals surface area contributed by atoms with Crippen molar-refractivity contribution in [3.63, 3.8) is 0 Å². The second kappa shape index (κ2) is 9.53. The first-order valence-electron chi connectivity index (χ1n) is 9.67. The predicted molar refractivity (Wildman–Crippen MR) is 123 cm³/mol. The Bertz CT molecular complexity index is 1220. The van der Waals surface area contributed by atoms with Crippen LogP contribution >= 0.6 is 15.9 Å². The van der Waals surface area contributed by atoms with Gasteiger partial charge in [-0.25, -0.2) is 10.1 Å². The topological polar surface area (TPSA) is 81.4 Å². The summed E-state index contributed by atoms with van der Waals surface area (Å²) in [4.78, 5) is 12.4. The molecule has 0 fully saturated rings. The van der Waals surface area contributed by atoms with E-state index in [2.05, 4.69) is 36.8 Å². The number of carbonyl (C=O) groups is 1. The lowest BCUT2D eigenvalue weighted by atomic mass is 10.1. The number of para-hydroxylation sites is 1. The average molecular weight is 478 g/mol. The molecule has 1 heterocycles. The third kappa shape index (κ3) is 5.35. The number of fused-ring (bicyclic) bond motifs is 1. The number of hydrazone groups is 1. The Labute approximate surface area is 187 Å². The minimum Gasteiger partial charge on any atom is -0.489 e. The molecule has 7 nitrogen and oxygen atoms in total. The maximum absolute atomic E-state index is 12.4. The van der Waals surface area contributed by atoms with Crippen molar-refractivity contribution < 1.29 is 9.53 Å². The highest BCUT2D eigenvalue weighted by molar-refractivity contribution is 9.10. The number of benzene rings is 3. The zero-order chi connectivity index (χ0) is 21.6. The first kappa shape index (κ1) is 20.7. The number of nitrogens with one attached hydrogen (secondary N) is 1. The van der Waals surface area contributed by atoms with E-state index in [0.29, 0.717) is 24.4 Å². The van der Waals surface area contributed by atoms with Gasteiger partial charge in [0.2, 0.25) is 0 Å². The highest BCUT2D eigenvalue weighted by atomic mass is 79.9. The van der Waals surface area contributed by atoms with E-state index in [0.717, 1.165) is 26.8 Å². The quantitative estimate of drug-likeness (QED) is 0.312. The molecule has 0 aliphatic heterocycles. The molecule has 0 atom stereocenters. The van der Waals surface area contributed by atoms with Crippen LogP contribution in [-0.2, 0) is 13.2 Å². The fraction of sp³-hybridized carbons (Fsp3) is 0.130. The van der Waals surface area contributed by atoms with E-state index in [-0.39, 0.29) is 5.91 Å². The minimum atomic E-state index is -0.275. The molecule has 4 rings (SSSR count). The molecule has 4 aromatic rings. The number of nitrogens with zero attached hydrogens (tertiary/aromatic N) is 4. The van der Waals surface area contributed by atoms with Gasteiger partial charge in [-0.15, -0.1) is 5.10 Å². The molecule has 31 heavy (non-hydrogen) atoms. The maximum atomic E-state index is 12.4. The first-order chi connectivity index (χ1) is 15.1. The molecule has 1 aromatic heterocycles. The van der Waals surface area contributed by atoms with E-state index in [1.165, 1.54) is 0 Å². The van der Waals surface area contributed by atoms with Crippen LogP contribution in [0.25, 0.3) is 11.0 Å². The van der Waals surface area contributed by atoms with Gasteiger partial charge in [0.15, 0.2) is 0 Å².